The van der Waals surface area contributed by atoms with Crippen molar-refractivity contribution in [3.05, 3.63) is 22.4 Å². The quantitative estimate of drug-likeness (QED) is 0.780. The Morgan fingerprint density at radius 1 is 1.69 bits per heavy atom. The molecule has 0 radical (unpaired) electrons. The summed E-state index contributed by atoms with van der Waals surface area (Å²) in [6, 6.07) is 4.10. The molecule has 0 aliphatic rings. The maximum atomic E-state index is 11.0. The van der Waals surface area contributed by atoms with Crippen LogP contribution in [0.15, 0.2) is 17.5 Å². The Bertz CT molecular complexity index is 259. The molecule has 72 valence electrons. The monoisotopic (exact) mass is 198 g/mol. The second kappa shape index (κ2) is 4.99. The topological polar surface area (TPSA) is 32.3 Å². The summed E-state index contributed by atoms with van der Waals surface area (Å²) in [7, 11) is 3.59. The van der Waals surface area contributed by atoms with Crippen molar-refractivity contribution in [1.82, 2.24) is 10.2 Å². The van der Waals surface area contributed by atoms with E-state index in [1.54, 1.807) is 18.4 Å². The summed E-state index contributed by atoms with van der Waals surface area (Å²) in [5.74, 6) is 0.0547. The average molecular weight is 198 g/mol. The molecule has 1 aromatic heterocycles. The third-order valence-electron chi connectivity index (χ3n) is 1.70. The predicted molar refractivity (Wildman–Crippen MR) is 54.7 cm³/mol. The van der Waals surface area contributed by atoms with E-state index >= 15 is 0 Å². The van der Waals surface area contributed by atoms with Crippen molar-refractivity contribution >= 4 is 17.2 Å². The number of thiophene rings is 1. The molecule has 0 spiro atoms. The number of carbonyl (C=O) groups excluding carboxylic acids is 1. The van der Waals surface area contributed by atoms with Gasteiger partial charge in [-0.3, -0.25) is 9.69 Å². The number of carbonyl (C=O) groups is 1. The maximum Gasteiger partial charge on any atom is 0.233 e. The van der Waals surface area contributed by atoms with Crippen molar-refractivity contribution in [3.8, 4) is 0 Å². The van der Waals surface area contributed by atoms with Crippen LogP contribution in [-0.2, 0) is 11.3 Å². The Kier molecular flexibility index (Phi) is 3.92. The normalized spacial score (nSPS) is 10.4. The van der Waals surface area contributed by atoms with Gasteiger partial charge in [-0.1, -0.05) is 6.07 Å². The highest BCUT2D eigenvalue weighted by atomic mass is 32.1. The number of nitrogens with one attached hydrogen (secondary N) is 1. The highest BCUT2D eigenvalue weighted by Gasteiger charge is 2.04. The third kappa shape index (κ3) is 3.57. The molecule has 1 aromatic rings. The van der Waals surface area contributed by atoms with Gasteiger partial charge in [0.1, 0.15) is 0 Å². The molecule has 1 amide bonds. The first-order valence-electron chi connectivity index (χ1n) is 4.14. The number of rotatable bonds is 4. The van der Waals surface area contributed by atoms with Gasteiger partial charge in [-0.05, 0) is 18.5 Å². The Morgan fingerprint density at radius 3 is 3.00 bits per heavy atom. The predicted octanol–water partition coefficient (Wildman–Crippen LogP) is 0.926. The lowest BCUT2D eigenvalue weighted by molar-refractivity contribution is -0.121. The molecular weight excluding hydrogens is 184 g/mol. The summed E-state index contributed by atoms with van der Waals surface area (Å²) in [5, 5.41) is 4.64. The number of amides is 1. The van der Waals surface area contributed by atoms with E-state index < -0.39 is 0 Å². The van der Waals surface area contributed by atoms with Crippen molar-refractivity contribution in [2.75, 3.05) is 20.6 Å². The molecule has 0 saturated carbocycles. The highest BCUT2D eigenvalue weighted by Crippen LogP contribution is 2.10. The zero-order valence-electron chi connectivity index (χ0n) is 7.91. The second-order valence-electron chi connectivity index (χ2n) is 2.92. The van der Waals surface area contributed by atoms with Crippen LogP contribution in [0, 0.1) is 0 Å². The van der Waals surface area contributed by atoms with E-state index in [4.69, 9.17) is 0 Å². The fourth-order valence-electron chi connectivity index (χ4n) is 1.05. The van der Waals surface area contributed by atoms with Gasteiger partial charge < -0.3 is 5.32 Å². The van der Waals surface area contributed by atoms with E-state index in [2.05, 4.69) is 11.4 Å². The molecule has 0 aliphatic carbocycles. The van der Waals surface area contributed by atoms with Gasteiger partial charge in [0, 0.05) is 18.5 Å². The van der Waals surface area contributed by atoms with E-state index in [0.717, 1.165) is 6.54 Å². The van der Waals surface area contributed by atoms with Crippen LogP contribution < -0.4 is 5.32 Å². The summed E-state index contributed by atoms with van der Waals surface area (Å²) < 4.78 is 0. The first-order valence-corrected chi connectivity index (χ1v) is 5.02. The molecule has 0 aliphatic heterocycles. The Labute approximate surface area is 82.4 Å². The minimum absolute atomic E-state index is 0.0547. The van der Waals surface area contributed by atoms with Crippen molar-refractivity contribution in [2.45, 2.75) is 6.54 Å². The zero-order chi connectivity index (χ0) is 9.68. The first-order chi connectivity index (χ1) is 6.22. The smallest absolute Gasteiger partial charge is 0.233 e. The summed E-state index contributed by atoms with van der Waals surface area (Å²) in [6.07, 6.45) is 0. The third-order valence-corrected chi connectivity index (χ3v) is 2.56. The summed E-state index contributed by atoms with van der Waals surface area (Å²) >= 11 is 1.71. The lowest BCUT2D eigenvalue weighted by atomic mass is 10.4. The lowest BCUT2D eigenvalue weighted by Gasteiger charge is -2.13. The first kappa shape index (κ1) is 10.2. The lowest BCUT2D eigenvalue weighted by Crippen LogP contribution is -2.32. The molecule has 0 unspecified atom stereocenters. The van der Waals surface area contributed by atoms with Gasteiger partial charge >= 0.3 is 0 Å². The van der Waals surface area contributed by atoms with Gasteiger partial charge in [-0.25, -0.2) is 0 Å². The maximum absolute atomic E-state index is 11.0. The molecule has 0 bridgehead atoms. The van der Waals surface area contributed by atoms with E-state index in [1.807, 2.05) is 23.4 Å². The fourth-order valence-corrected chi connectivity index (χ4v) is 1.83. The molecule has 0 aromatic carbocycles. The molecule has 3 nitrogen and oxygen atoms in total. The van der Waals surface area contributed by atoms with Crippen LogP contribution in [0.5, 0.6) is 0 Å². The molecule has 0 fully saturated rings. The molecular formula is C9H14N2OS. The Balaban J connectivity index is 2.33. The molecule has 1 heterocycles. The number of likely N-dealkylation sites (N-methyl/N-ethyl adjacent to an activating group) is 2. The van der Waals surface area contributed by atoms with Gasteiger partial charge in [-0.2, -0.15) is 0 Å². The van der Waals surface area contributed by atoms with E-state index in [-0.39, 0.29) is 5.91 Å². The van der Waals surface area contributed by atoms with Crippen LogP contribution in [0.2, 0.25) is 0 Å². The minimum atomic E-state index is 0.0547. The van der Waals surface area contributed by atoms with Gasteiger partial charge in [0.2, 0.25) is 5.91 Å². The summed E-state index contributed by atoms with van der Waals surface area (Å²) in [5.41, 5.74) is 0. The second-order valence-corrected chi connectivity index (χ2v) is 3.96. The van der Waals surface area contributed by atoms with Crippen molar-refractivity contribution in [3.63, 3.8) is 0 Å². The van der Waals surface area contributed by atoms with Crippen LogP contribution in [-0.4, -0.2) is 31.4 Å². The molecule has 0 saturated heterocycles. The van der Waals surface area contributed by atoms with Crippen LogP contribution in [0.1, 0.15) is 4.88 Å². The van der Waals surface area contributed by atoms with Gasteiger partial charge in [0.05, 0.1) is 6.54 Å². The van der Waals surface area contributed by atoms with Gasteiger partial charge in [0.15, 0.2) is 0 Å². The zero-order valence-corrected chi connectivity index (χ0v) is 8.73. The van der Waals surface area contributed by atoms with Crippen molar-refractivity contribution < 1.29 is 4.79 Å². The number of hydrogen-bond acceptors (Lipinski definition) is 3. The molecule has 0 atom stereocenters. The average Bonchev–Trinajstić information content (AvgIpc) is 2.56. The van der Waals surface area contributed by atoms with Crippen LogP contribution in [0.25, 0.3) is 0 Å². The minimum Gasteiger partial charge on any atom is -0.358 e. The number of hydrogen-bond donors (Lipinski definition) is 1. The van der Waals surface area contributed by atoms with E-state index in [0.29, 0.717) is 6.54 Å². The molecule has 4 heteroatoms. The van der Waals surface area contributed by atoms with Gasteiger partial charge in [0.25, 0.3) is 0 Å². The standard InChI is InChI=1S/C9H14N2OS/c1-10-9(12)7-11(2)6-8-4-3-5-13-8/h3-5H,6-7H2,1-2H3,(H,10,12). The van der Waals surface area contributed by atoms with E-state index in [1.165, 1.54) is 4.88 Å². The SMILES string of the molecule is CNC(=O)CN(C)Cc1cccs1. The Morgan fingerprint density at radius 2 is 2.46 bits per heavy atom. The number of nitrogens with zero attached hydrogens (tertiary/aromatic N) is 1. The van der Waals surface area contributed by atoms with Gasteiger partial charge in [-0.15, -0.1) is 11.3 Å². The van der Waals surface area contributed by atoms with Crippen LogP contribution in [0.3, 0.4) is 0 Å². The fraction of sp³-hybridized carbons (Fsp3) is 0.444. The summed E-state index contributed by atoms with van der Waals surface area (Å²) in [4.78, 5) is 14.3. The van der Waals surface area contributed by atoms with E-state index in [9.17, 15) is 4.79 Å². The van der Waals surface area contributed by atoms with Crippen molar-refractivity contribution in [2.24, 2.45) is 0 Å². The Hall–Kier alpha value is -0.870. The molecule has 13 heavy (non-hydrogen) atoms. The molecule has 1 rings (SSSR count). The van der Waals surface area contributed by atoms with Crippen LogP contribution in [0.4, 0.5) is 0 Å². The van der Waals surface area contributed by atoms with Crippen molar-refractivity contribution in [1.29, 1.82) is 0 Å². The van der Waals surface area contributed by atoms with Crippen LogP contribution >= 0.6 is 11.3 Å². The highest BCUT2D eigenvalue weighted by molar-refractivity contribution is 7.09. The largest absolute Gasteiger partial charge is 0.358 e. The summed E-state index contributed by atoms with van der Waals surface area (Å²) in [6.45, 7) is 1.29. The molecule has 1 N–H and O–H groups in total.